The Bertz CT molecular complexity index is 391. The van der Waals surface area contributed by atoms with Crippen LogP contribution in [-0.2, 0) is 16.1 Å². The number of pyridine rings is 1. The minimum atomic E-state index is -0.897. The average molecular weight is 236 g/mol. The maximum Gasteiger partial charge on any atom is 0.334 e. The lowest BCUT2D eigenvalue weighted by atomic mass is 10.2. The quantitative estimate of drug-likeness (QED) is 0.836. The maximum absolute atomic E-state index is 10.8. The summed E-state index contributed by atoms with van der Waals surface area (Å²) in [5, 5.41) is 8.89. The van der Waals surface area contributed by atoms with Crippen LogP contribution in [0.4, 0.5) is 0 Å². The molecule has 5 nitrogen and oxygen atoms in total. The number of morpholine rings is 1. The van der Waals surface area contributed by atoms with Gasteiger partial charge in [-0.2, -0.15) is 0 Å². The monoisotopic (exact) mass is 236 g/mol. The van der Waals surface area contributed by atoms with E-state index < -0.39 is 12.1 Å². The minimum absolute atomic E-state index is 0.422. The molecule has 17 heavy (non-hydrogen) atoms. The Balaban J connectivity index is 1.94. The molecule has 0 aromatic carbocycles. The molecule has 0 radical (unpaired) electrons. The molecule has 1 N–H and O–H groups in total. The van der Waals surface area contributed by atoms with Crippen molar-refractivity contribution in [3.63, 3.8) is 0 Å². The van der Waals surface area contributed by atoms with Crippen molar-refractivity contribution >= 4 is 5.97 Å². The molecule has 1 unspecified atom stereocenters. The van der Waals surface area contributed by atoms with E-state index in [-0.39, 0.29) is 0 Å². The summed E-state index contributed by atoms with van der Waals surface area (Å²) in [5.74, 6) is -0.897. The summed E-state index contributed by atoms with van der Waals surface area (Å²) in [6.45, 7) is 4.30. The molecule has 0 bridgehead atoms. The lowest BCUT2D eigenvalue weighted by Crippen LogP contribution is -2.45. The van der Waals surface area contributed by atoms with Crippen molar-refractivity contribution in [3.8, 4) is 0 Å². The van der Waals surface area contributed by atoms with Gasteiger partial charge < -0.3 is 9.84 Å². The van der Waals surface area contributed by atoms with Gasteiger partial charge in [0.1, 0.15) is 0 Å². The zero-order valence-electron chi connectivity index (χ0n) is 9.80. The van der Waals surface area contributed by atoms with Gasteiger partial charge in [-0.05, 0) is 18.6 Å². The summed E-state index contributed by atoms with van der Waals surface area (Å²) in [6, 6.07) is 3.98. The Labute approximate surface area is 100 Å². The van der Waals surface area contributed by atoms with Gasteiger partial charge in [0.05, 0.1) is 12.3 Å². The topological polar surface area (TPSA) is 62.7 Å². The third-order valence-electron chi connectivity index (χ3n) is 2.78. The van der Waals surface area contributed by atoms with Gasteiger partial charge in [-0.3, -0.25) is 9.88 Å². The van der Waals surface area contributed by atoms with Gasteiger partial charge >= 0.3 is 5.97 Å². The Morgan fingerprint density at radius 2 is 2.47 bits per heavy atom. The van der Waals surface area contributed by atoms with Gasteiger partial charge in [-0.25, -0.2) is 4.79 Å². The molecule has 0 saturated carbocycles. The molecular weight excluding hydrogens is 220 g/mol. The van der Waals surface area contributed by atoms with Gasteiger partial charge in [0.15, 0.2) is 6.10 Å². The molecule has 92 valence electrons. The first-order chi connectivity index (χ1) is 8.15. The van der Waals surface area contributed by atoms with E-state index in [4.69, 9.17) is 9.84 Å². The second-order valence-electron chi connectivity index (χ2n) is 4.26. The maximum atomic E-state index is 10.8. The molecule has 0 spiro atoms. The summed E-state index contributed by atoms with van der Waals surface area (Å²) in [7, 11) is 0. The highest BCUT2D eigenvalue weighted by Gasteiger charge is 2.26. The number of hydrogen-bond donors (Lipinski definition) is 1. The van der Waals surface area contributed by atoms with Crippen LogP contribution in [0.25, 0.3) is 0 Å². The van der Waals surface area contributed by atoms with Crippen LogP contribution in [0, 0.1) is 6.92 Å². The normalized spacial score (nSPS) is 21.4. The van der Waals surface area contributed by atoms with E-state index >= 15 is 0 Å². The van der Waals surface area contributed by atoms with E-state index in [0.29, 0.717) is 19.7 Å². The molecule has 0 amide bonds. The Morgan fingerprint density at radius 1 is 1.65 bits per heavy atom. The minimum Gasteiger partial charge on any atom is -0.479 e. The summed E-state index contributed by atoms with van der Waals surface area (Å²) < 4.78 is 5.16. The molecule has 1 fully saturated rings. The van der Waals surface area contributed by atoms with Crippen molar-refractivity contribution in [2.45, 2.75) is 19.6 Å². The zero-order chi connectivity index (χ0) is 12.3. The zero-order valence-corrected chi connectivity index (χ0v) is 9.80. The Kier molecular flexibility index (Phi) is 3.71. The highest BCUT2D eigenvalue weighted by molar-refractivity contribution is 5.72. The van der Waals surface area contributed by atoms with E-state index in [1.54, 1.807) is 0 Å². The van der Waals surface area contributed by atoms with Gasteiger partial charge in [0.2, 0.25) is 0 Å². The molecule has 1 saturated heterocycles. The standard InChI is InChI=1S/C12H16N2O3/c1-9-2-3-10(13-6-9)7-14-4-5-17-11(8-14)12(15)16/h2-3,6,11H,4-5,7-8H2,1H3,(H,15,16). The summed E-state index contributed by atoms with van der Waals surface area (Å²) in [6.07, 6.45) is 1.11. The second-order valence-corrected chi connectivity index (χ2v) is 4.26. The first-order valence-corrected chi connectivity index (χ1v) is 5.63. The number of hydrogen-bond acceptors (Lipinski definition) is 4. The number of ether oxygens (including phenoxy) is 1. The van der Waals surface area contributed by atoms with Crippen LogP contribution >= 0.6 is 0 Å². The molecule has 1 atom stereocenters. The van der Waals surface area contributed by atoms with Gasteiger partial charge in [0.25, 0.3) is 0 Å². The summed E-state index contributed by atoms with van der Waals surface area (Å²) in [5.41, 5.74) is 2.08. The number of rotatable bonds is 3. The largest absolute Gasteiger partial charge is 0.479 e. The van der Waals surface area contributed by atoms with E-state index in [2.05, 4.69) is 9.88 Å². The SMILES string of the molecule is Cc1ccc(CN2CCOC(C(=O)O)C2)nc1. The Morgan fingerprint density at radius 3 is 3.12 bits per heavy atom. The molecule has 1 aliphatic rings. The third-order valence-corrected chi connectivity index (χ3v) is 2.78. The van der Waals surface area contributed by atoms with Crippen LogP contribution in [0.2, 0.25) is 0 Å². The highest BCUT2D eigenvalue weighted by Crippen LogP contribution is 2.09. The van der Waals surface area contributed by atoms with Crippen LogP contribution in [0.3, 0.4) is 0 Å². The van der Waals surface area contributed by atoms with E-state index in [1.165, 1.54) is 0 Å². The Hall–Kier alpha value is -1.46. The molecule has 1 aromatic heterocycles. The molecule has 0 aliphatic carbocycles. The number of nitrogens with zero attached hydrogens (tertiary/aromatic N) is 2. The number of carbonyl (C=O) groups is 1. The van der Waals surface area contributed by atoms with E-state index in [1.807, 2.05) is 25.3 Å². The fourth-order valence-corrected chi connectivity index (χ4v) is 1.82. The van der Waals surface area contributed by atoms with Gasteiger partial charge in [-0.1, -0.05) is 6.07 Å². The fourth-order valence-electron chi connectivity index (χ4n) is 1.82. The van der Waals surface area contributed by atoms with Crippen LogP contribution in [0.1, 0.15) is 11.3 Å². The number of aryl methyl sites for hydroxylation is 1. The van der Waals surface area contributed by atoms with Crippen molar-refractivity contribution in [1.29, 1.82) is 0 Å². The van der Waals surface area contributed by atoms with Crippen molar-refractivity contribution in [3.05, 3.63) is 29.6 Å². The smallest absolute Gasteiger partial charge is 0.334 e. The van der Waals surface area contributed by atoms with Crippen LogP contribution in [0.15, 0.2) is 18.3 Å². The molecule has 2 rings (SSSR count). The lowest BCUT2D eigenvalue weighted by Gasteiger charge is -2.30. The van der Waals surface area contributed by atoms with Gasteiger partial charge in [0, 0.05) is 25.8 Å². The van der Waals surface area contributed by atoms with Crippen molar-refractivity contribution in [2.75, 3.05) is 19.7 Å². The van der Waals surface area contributed by atoms with E-state index in [9.17, 15) is 4.79 Å². The van der Waals surface area contributed by atoms with Crippen molar-refractivity contribution in [2.24, 2.45) is 0 Å². The predicted octanol–water partition coefficient (Wildman–Crippen LogP) is 0.675. The number of carboxylic acid groups (broad SMARTS) is 1. The first-order valence-electron chi connectivity index (χ1n) is 5.63. The van der Waals surface area contributed by atoms with E-state index in [0.717, 1.165) is 17.8 Å². The predicted molar refractivity (Wildman–Crippen MR) is 61.6 cm³/mol. The fraction of sp³-hybridized carbons (Fsp3) is 0.500. The number of carboxylic acids is 1. The molecular formula is C12H16N2O3. The van der Waals surface area contributed by atoms with Crippen LogP contribution in [-0.4, -0.2) is 46.8 Å². The van der Waals surface area contributed by atoms with Crippen LogP contribution in [0.5, 0.6) is 0 Å². The molecule has 1 aliphatic heterocycles. The highest BCUT2D eigenvalue weighted by atomic mass is 16.5. The first kappa shape index (κ1) is 12.0. The molecule has 2 heterocycles. The average Bonchev–Trinajstić information content (AvgIpc) is 2.32. The lowest BCUT2D eigenvalue weighted by molar-refractivity contribution is -0.156. The number of aromatic nitrogens is 1. The van der Waals surface area contributed by atoms with Gasteiger partial charge in [-0.15, -0.1) is 0 Å². The van der Waals surface area contributed by atoms with Crippen molar-refractivity contribution < 1.29 is 14.6 Å². The summed E-state index contributed by atoms with van der Waals surface area (Å²) in [4.78, 5) is 17.2. The third kappa shape index (κ3) is 3.25. The van der Waals surface area contributed by atoms with Crippen LogP contribution < -0.4 is 0 Å². The number of aliphatic carboxylic acids is 1. The second kappa shape index (κ2) is 5.25. The molecule has 1 aromatic rings. The van der Waals surface area contributed by atoms with Crippen molar-refractivity contribution in [1.82, 2.24) is 9.88 Å². The molecule has 5 heteroatoms. The summed E-state index contributed by atoms with van der Waals surface area (Å²) >= 11 is 0.